The van der Waals surface area contributed by atoms with Gasteiger partial charge in [0.05, 0.1) is 30.5 Å². The monoisotopic (exact) mass is 444 g/mol. The highest BCUT2D eigenvalue weighted by atomic mass is 19.1. The fourth-order valence-electron chi connectivity index (χ4n) is 3.66. The van der Waals surface area contributed by atoms with Gasteiger partial charge in [0.1, 0.15) is 0 Å². The van der Waals surface area contributed by atoms with Crippen molar-refractivity contribution in [2.24, 2.45) is 5.10 Å². The molecule has 0 spiro atoms. The first-order valence-electron chi connectivity index (χ1n) is 10.4. The predicted octanol–water partition coefficient (Wildman–Crippen LogP) is 1.56. The third-order valence-electron chi connectivity index (χ3n) is 5.47. The summed E-state index contributed by atoms with van der Waals surface area (Å²) in [6.07, 6.45) is 2.60. The third-order valence-corrected chi connectivity index (χ3v) is 5.47. The first-order chi connectivity index (χ1) is 15.5. The standard InChI is InChI=1S/C20H25FN8O3/c1-26-4-6-27(7-5-26)18-3-2-16(29(30)31)12-15(18)13-23-25-20-22-14-17(21)19(24-20)28-8-10-32-11-9-28/h2-3,12-14H,4-11H2,1H3,(H,22,24,25)/b23-13-. The molecule has 0 bridgehead atoms. The number of hydrogen-bond acceptors (Lipinski definition) is 10. The van der Waals surface area contributed by atoms with E-state index in [2.05, 4.69) is 37.3 Å². The minimum atomic E-state index is -0.516. The SMILES string of the molecule is CN1CCN(c2ccc([N+](=O)[O-])cc2/C=N\Nc2ncc(F)c(N3CCOCC3)n2)CC1. The van der Waals surface area contributed by atoms with E-state index >= 15 is 0 Å². The van der Waals surface area contributed by atoms with E-state index in [9.17, 15) is 14.5 Å². The summed E-state index contributed by atoms with van der Waals surface area (Å²) < 4.78 is 19.5. The van der Waals surface area contributed by atoms with Crippen molar-refractivity contribution in [2.75, 3.05) is 74.8 Å². The van der Waals surface area contributed by atoms with Gasteiger partial charge in [-0.05, 0) is 13.1 Å². The molecule has 0 saturated carbocycles. The molecule has 11 nitrogen and oxygen atoms in total. The van der Waals surface area contributed by atoms with Crippen molar-refractivity contribution in [3.63, 3.8) is 0 Å². The zero-order valence-corrected chi connectivity index (χ0v) is 17.8. The molecule has 1 aromatic heterocycles. The highest BCUT2D eigenvalue weighted by Crippen LogP contribution is 2.25. The van der Waals surface area contributed by atoms with Gasteiger partial charge < -0.3 is 19.4 Å². The van der Waals surface area contributed by atoms with E-state index in [1.165, 1.54) is 18.3 Å². The molecule has 0 radical (unpaired) electrons. The zero-order chi connectivity index (χ0) is 22.5. The van der Waals surface area contributed by atoms with Crippen LogP contribution in [0.25, 0.3) is 0 Å². The lowest BCUT2D eigenvalue weighted by Gasteiger charge is -2.34. The summed E-state index contributed by atoms with van der Waals surface area (Å²) in [5, 5.41) is 15.4. The van der Waals surface area contributed by atoms with Crippen molar-refractivity contribution in [1.82, 2.24) is 14.9 Å². The summed E-state index contributed by atoms with van der Waals surface area (Å²) in [5.41, 5.74) is 4.16. The summed E-state index contributed by atoms with van der Waals surface area (Å²) in [4.78, 5) is 25.2. The van der Waals surface area contributed by atoms with Gasteiger partial charge in [-0.3, -0.25) is 10.1 Å². The van der Waals surface area contributed by atoms with Crippen LogP contribution < -0.4 is 15.2 Å². The van der Waals surface area contributed by atoms with Gasteiger partial charge in [-0.2, -0.15) is 10.1 Å². The Labute approximate surface area is 184 Å². The smallest absolute Gasteiger partial charge is 0.270 e. The molecule has 2 fully saturated rings. The van der Waals surface area contributed by atoms with Crippen LogP contribution in [0.4, 0.5) is 27.5 Å². The molecule has 0 atom stereocenters. The molecule has 2 aliphatic heterocycles. The van der Waals surface area contributed by atoms with E-state index in [1.54, 1.807) is 11.0 Å². The molecule has 2 aliphatic rings. The molecule has 32 heavy (non-hydrogen) atoms. The lowest BCUT2D eigenvalue weighted by Crippen LogP contribution is -2.44. The van der Waals surface area contributed by atoms with Crippen LogP contribution in [0.2, 0.25) is 0 Å². The number of nitrogens with zero attached hydrogens (tertiary/aromatic N) is 7. The number of halogens is 1. The van der Waals surface area contributed by atoms with Crippen molar-refractivity contribution in [1.29, 1.82) is 0 Å². The number of benzene rings is 1. The Balaban J connectivity index is 1.53. The average Bonchev–Trinajstić information content (AvgIpc) is 2.81. The molecule has 3 heterocycles. The molecule has 2 aromatic rings. The van der Waals surface area contributed by atoms with Gasteiger partial charge in [-0.25, -0.2) is 14.8 Å². The van der Waals surface area contributed by atoms with E-state index in [0.717, 1.165) is 38.1 Å². The fraction of sp³-hybridized carbons (Fsp3) is 0.450. The molecule has 0 unspecified atom stereocenters. The van der Waals surface area contributed by atoms with Crippen LogP contribution in [-0.4, -0.2) is 85.5 Å². The van der Waals surface area contributed by atoms with Gasteiger partial charge in [0.25, 0.3) is 5.69 Å². The van der Waals surface area contributed by atoms with E-state index < -0.39 is 10.7 Å². The van der Waals surface area contributed by atoms with Crippen LogP contribution in [0.15, 0.2) is 29.5 Å². The minimum absolute atomic E-state index is 0.0167. The van der Waals surface area contributed by atoms with E-state index in [-0.39, 0.29) is 17.5 Å². The number of nitro groups is 1. The third kappa shape index (κ3) is 5.08. The number of ether oxygens (including phenoxy) is 1. The van der Waals surface area contributed by atoms with Crippen molar-refractivity contribution < 1.29 is 14.1 Å². The van der Waals surface area contributed by atoms with Crippen molar-refractivity contribution >= 4 is 29.4 Å². The number of rotatable bonds is 6. The molecule has 1 N–H and O–H groups in total. The summed E-state index contributed by atoms with van der Waals surface area (Å²) in [6, 6.07) is 4.73. The van der Waals surface area contributed by atoms with Crippen molar-refractivity contribution in [3.05, 3.63) is 45.9 Å². The summed E-state index contributed by atoms with van der Waals surface area (Å²) >= 11 is 0. The topological polar surface area (TPSA) is 112 Å². The lowest BCUT2D eigenvalue weighted by atomic mass is 10.1. The second-order valence-electron chi connectivity index (χ2n) is 7.63. The maximum absolute atomic E-state index is 14.2. The van der Waals surface area contributed by atoms with Crippen LogP contribution in [0.1, 0.15) is 5.56 Å². The summed E-state index contributed by atoms with van der Waals surface area (Å²) in [6.45, 7) is 5.52. The van der Waals surface area contributed by atoms with Crippen LogP contribution >= 0.6 is 0 Å². The first-order valence-corrected chi connectivity index (χ1v) is 10.4. The molecule has 0 aliphatic carbocycles. The number of piperazine rings is 1. The maximum atomic E-state index is 14.2. The predicted molar refractivity (Wildman–Crippen MR) is 119 cm³/mol. The van der Waals surface area contributed by atoms with E-state index in [0.29, 0.717) is 31.9 Å². The Bertz CT molecular complexity index is 991. The van der Waals surface area contributed by atoms with Gasteiger partial charge in [-0.15, -0.1) is 0 Å². The largest absolute Gasteiger partial charge is 0.378 e. The normalized spacial score (nSPS) is 17.7. The summed E-state index contributed by atoms with van der Waals surface area (Å²) in [5.74, 6) is -0.192. The number of hydrogen-bond donors (Lipinski definition) is 1. The molecule has 2 saturated heterocycles. The second kappa shape index (κ2) is 9.83. The van der Waals surface area contributed by atoms with Crippen molar-refractivity contribution in [3.8, 4) is 0 Å². The Morgan fingerprint density at radius 2 is 1.94 bits per heavy atom. The van der Waals surface area contributed by atoms with Gasteiger partial charge in [-0.1, -0.05) is 0 Å². The maximum Gasteiger partial charge on any atom is 0.270 e. The Kier molecular flexibility index (Phi) is 6.71. The molecule has 0 amide bonds. The van der Waals surface area contributed by atoms with E-state index in [4.69, 9.17) is 4.74 Å². The van der Waals surface area contributed by atoms with Gasteiger partial charge in [0.2, 0.25) is 5.95 Å². The number of hydrazone groups is 1. The number of nitrogens with one attached hydrogen (secondary N) is 1. The number of morpholine rings is 1. The number of non-ortho nitro benzene ring substituents is 1. The Morgan fingerprint density at radius 1 is 1.19 bits per heavy atom. The van der Waals surface area contributed by atoms with Gasteiger partial charge in [0, 0.05) is 62.7 Å². The number of nitro benzene ring substituents is 1. The Morgan fingerprint density at radius 3 is 2.66 bits per heavy atom. The highest BCUT2D eigenvalue weighted by molar-refractivity contribution is 5.89. The fourth-order valence-corrected chi connectivity index (χ4v) is 3.66. The summed E-state index contributed by atoms with van der Waals surface area (Å²) in [7, 11) is 2.06. The highest BCUT2D eigenvalue weighted by Gasteiger charge is 2.20. The van der Waals surface area contributed by atoms with E-state index in [1.807, 2.05) is 0 Å². The van der Waals surface area contributed by atoms with Crippen LogP contribution in [0.5, 0.6) is 0 Å². The average molecular weight is 444 g/mol. The van der Waals surface area contributed by atoms with Gasteiger partial charge >= 0.3 is 0 Å². The zero-order valence-electron chi connectivity index (χ0n) is 17.8. The molecule has 4 rings (SSSR count). The number of aromatic nitrogens is 2. The number of anilines is 3. The van der Waals surface area contributed by atoms with Crippen LogP contribution in [0, 0.1) is 15.9 Å². The van der Waals surface area contributed by atoms with Gasteiger partial charge in [0.15, 0.2) is 11.6 Å². The molecule has 170 valence electrons. The van der Waals surface area contributed by atoms with Crippen LogP contribution in [-0.2, 0) is 4.74 Å². The molecule has 12 heteroatoms. The molecular formula is C20H25FN8O3. The van der Waals surface area contributed by atoms with Crippen molar-refractivity contribution in [2.45, 2.75) is 0 Å². The first kappa shape index (κ1) is 21.8. The quantitative estimate of drug-likeness (QED) is 0.403. The van der Waals surface area contributed by atoms with Crippen LogP contribution in [0.3, 0.4) is 0 Å². The second-order valence-corrected chi connectivity index (χ2v) is 7.63. The Hall–Kier alpha value is -3.38. The molecular weight excluding hydrogens is 419 g/mol. The lowest BCUT2D eigenvalue weighted by molar-refractivity contribution is -0.384. The minimum Gasteiger partial charge on any atom is -0.378 e. The number of likely N-dealkylation sites (N-methyl/N-ethyl adjacent to an activating group) is 1. The molecule has 1 aromatic carbocycles.